The van der Waals surface area contributed by atoms with Crippen LogP contribution in [0.5, 0.6) is 11.5 Å². The minimum atomic E-state index is -0.441. The molecule has 1 aliphatic heterocycles. The average Bonchev–Trinajstić information content (AvgIpc) is 3.06. The predicted octanol–water partition coefficient (Wildman–Crippen LogP) is -0.342. The third-order valence-corrected chi connectivity index (χ3v) is 3.24. The van der Waals surface area contributed by atoms with Crippen molar-refractivity contribution in [2.45, 2.75) is 0 Å². The summed E-state index contributed by atoms with van der Waals surface area (Å²) in [5, 5.41) is 11.0. The van der Waals surface area contributed by atoms with Gasteiger partial charge in [0.15, 0.2) is 11.5 Å². The molecule has 1 aromatic carbocycles. The minimum Gasteiger partial charge on any atom is -0.454 e. The van der Waals surface area contributed by atoms with Gasteiger partial charge in [-0.2, -0.15) is 5.10 Å². The lowest BCUT2D eigenvalue weighted by molar-refractivity contribution is 0.0924. The number of carbonyl (C=O) groups is 2. The van der Waals surface area contributed by atoms with E-state index >= 15 is 0 Å². The highest BCUT2D eigenvalue weighted by molar-refractivity contribution is 5.95. The average molecular weight is 330 g/mol. The van der Waals surface area contributed by atoms with E-state index < -0.39 is 5.91 Å². The number of carbonyl (C=O) groups excluding carboxylic acids is 2. The normalized spacial score (nSPS) is 11.8. The van der Waals surface area contributed by atoms with Crippen molar-refractivity contribution < 1.29 is 19.1 Å². The van der Waals surface area contributed by atoms with Crippen molar-refractivity contribution in [2.75, 3.05) is 19.9 Å². The van der Waals surface area contributed by atoms with Gasteiger partial charge in [-0.15, -0.1) is 0 Å². The predicted molar refractivity (Wildman–Crippen MR) is 82.1 cm³/mol. The monoisotopic (exact) mass is 330 g/mol. The van der Waals surface area contributed by atoms with Gasteiger partial charge in [0, 0.05) is 24.7 Å². The first kappa shape index (κ1) is 15.5. The number of nitrogens with zero attached hydrogens (tertiary/aromatic N) is 1. The van der Waals surface area contributed by atoms with Gasteiger partial charge in [-0.1, -0.05) is 0 Å². The number of hydrogen-bond donors (Lipinski definition) is 3. The van der Waals surface area contributed by atoms with Crippen LogP contribution in [0.4, 0.5) is 0 Å². The zero-order valence-corrected chi connectivity index (χ0v) is 12.5. The van der Waals surface area contributed by atoms with Crippen LogP contribution in [0.1, 0.15) is 20.8 Å². The molecule has 1 aliphatic rings. The highest BCUT2D eigenvalue weighted by Gasteiger charge is 2.16. The second-order valence-corrected chi connectivity index (χ2v) is 4.89. The first-order valence-corrected chi connectivity index (χ1v) is 7.15. The smallest absolute Gasteiger partial charge is 0.271 e. The molecule has 0 unspecified atom stereocenters. The van der Waals surface area contributed by atoms with Crippen molar-refractivity contribution in [3.05, 3.63) is 51.9 Å². The molecule has 9 nitrogen and oxygen atoms in total. The van der Waals surface area contributed by atoms with Crippen molar-refractivity contribution >= 4 is 11.8 Å². The molecule has 3 rings (SSSR count). The Morgan fingerprint density at radius 3 is 2.54 bits per heavy atom. The number of aromatic amines is 1. The molecule has 0 bridgehead atoms. The highest BCUT2D eigenvalue weighted by atomic mass is 16.7. The number of nitrogens with one attached hydrogen (secondary N) is 3. The zero-order chi connectivity index (χ0) is 16.9. The summed E-state index contributed by atoms with van der Waals surface area (Å²) >= 11 is 0. The van der Waals surface area contributed by atoms with Gasteiger partial charge >= 0.3 is 0 Å². The lowest BCUT2D eigenvalue weighted by Gasteiger charge is -2.07. The molecule has 0 spiro atoms. The van der Waals surface area contributed by atoms with Gasteiger partial charge in [0.25, 0.3) is 17.4 Å². The number of fused-ring (bicyclic) bond motifs is 1. The molecule has 0 saturated heterocycles. The van der Waals surface area contributed by atoms with E-state index in [0.29, 0.717) is 17.1 Å². The standard InChI is InChI=1S/C15H14N4O5/c20-13-4-2-10(18-19-13)15(22)17-6-5-16-14(21)9-1-3-11-12(7-9)24-8-23-11/h1-4,7H,5-6,8H2,(H,16,21)(H,17,22)(H,19,20). The summed E-state index contributed by atoms with van der Waals surface area (Å²) in [7, 11) is 0. The zero-order valence-electron chi connectivity index (χ0n) is 12.5. The third-order valence-electron chi connectivity index (χ3n) is 3.24. The molecule has 124 valence electrons. The van der Waals surface area contributed by atoms with Gasteiger partial charge in [-0.25, -0.2) is 5.10 Å². The summed E-state index contributed by atoms with van der Waals surface area (Å²) in [5.41, 5.74) is 0.145. The Labute approximate surface area is 136 Å². The van der Waals surface area contributed by atoms with Crippen molar-refractivity contribution in [1.82, 2.24) is 20.8 Å². The van der Waals surface area contributed by atoms with Gasteiger partial charge < -0.3 is 20.1 Å². The lowest BCUT2D eigenvalue weighted by Crippen LogP contribution is -2.35. The van der Waals surface area contributed by atoms with Crippen LogP contribution in [-0.4, -0.2) is 41.9 Å². The second-order valence-electron chi connectivity index (χ2n) is 4.89. The highest BCUT2D eigenvalue weighted by Crippen LogP contribution is 2.32. The molecule has 0 atom stereocenters. The molecule has 0 aliphatic carbocycles. The molecule has 9 heteroatoms. The largest absolute Gasteiger partial charge is 0.454 e. The quantitative estimate of drug-likeness (QED) is 0.645. The topological polar surface area (TPSA) is 122 Å². The molecular formula is C15H14N4O5. The fourth-order valence-electron chi connectivity index (χ4n) is 2.05. The Bertz CT molecular complexity index is 812. The maximum absolute atomic E-state index is 12.0. The van der Waals surface area contributed by atoms with E-state index in [1.807, 2.05) is 0 Å². The van der Waals surface area contributed by atoms with Crippen LogP contribution in [0.2, 0.25) is 0 Å². The van der Waals surface area contributed by atoms with Crippen LogP contribution < -0.4 is 25.7 Å². The Hall–Kier alpha value is -3.36. The van der Waals surface area contributed by atoms with E-state index in [1.165, 1.54) is 12.1 Å². The van der Waals surface area contributed by atoms with Gasteiger partial charge in [-0.3, -0.25) is 14.4 Å². The van der Waals surface area contributed by atoms with Crippen LogP contribution in [0.15, 0.2) is 35.1 Å². The minimum absolute atomic E-state index is 0.0942. The molecule has 0 radical (unpaired) electrons. The van der Waals surface area contributed by atoms with E-state index in [1.54, 1.807) is 18.2 Å². The Balaban J connectivity index is 1.46. The second kappa shape index (κ2) is 6.82. The molecule has 3 N–H and O–H groups in total. The van der Waals surface area contributed by atoms with Crippen LogP contribution in [0.25, 0.3) is 0 Å². The number of benzene rings is 1. The summed E-state index contributed by atoms with van der Waals surface area (Å²) in [5.74, 6) is 0.403. The Kier molecular flexibility index (Phi) is 4.41. The lowest BCUT2D eigenvalue weighted by atomic mass is 10.2. The number of amides is 2. The Morgan fingerprint density at radius 2 is 1.79 bits per heavy atom. The fourth-order valence-corrected chi connectivity index (χ4v) is 2.05. The maximum Gasteiger partial charge on any atom is 0.271 e. The molecule has 0 saturated carbocycles. The van der Waals surface area contributed by atoms with Crippen LogP contribution in [0, 0.1) is 0 Å². The van der Waals surface area contributed by atoms with Crippen molar-refractivity contribution in [1.29, 1.82) is 0 Å². The van der Waals surface area contributed by atoms with E-state index in [0.717, 1.165) is 0 Å². The summed E-state index contributed by atoms with van der Waals surface area (Å²) in [6, 6.07) is 7.43. The van der Waals surface area contributed by atoms with Crippen molar-refractivity contribution in [3.8, 4) is 11.5 Å². The molecule has 2 aromatic rings. The summed E-state index contributed by atoms with van der Waals surface area (Å²) in [4.78, 5) is 34.7. The van der Waals surface area contributed by atoms with Crippen LogP contribution in [0.3, 0.4) is 0 Å². The van der Waals surface area contributed by atoms with E-state index in [4.69, 9.17) is 9.47 Å². The number of rotatable bonds is 5. The van der Waals surface area contributed by atoms with Gasteiger partial charge in [0.2, 0.25) is 6.79 Å². The Morgan fingerprint density at radius 1 is 1.04 bits per heavy atom. The van der Waals surface area contributed by atoms with Crippen molar-refractivity contribution in [2.24, 2.45) is 0 Å². The number of aromatic nitrogens is 2. The van der Waals surface area contributed by atoms with Gasteiger partial charge in [0.05, 0.1) is 0 Å². The summed E-state index contributed by atoms with van der Waals surface area (Å²) in [6.07, 6.45) is 0. The van der Waals surface area contributed by atoms with Gasteiger partial charge in [-0.05, 0) is 24.3 Å². The fraction of sp³-hybridized carbons (Fsp3) is 0.200. The first-order chi connectivity index (χ1) is 11.6. The molecule has 0 fully saturated rings. The third kappa shape index (κ3) is 3.51. The summed E-state index contributed by atoms with van der Waals surface area (Å²) in [6.45, 7) is 0.601. The van der Waals surface area contributed by atoms with Gasteiger partial charge in [0.1, 0.15) is 5.69 Å². The number of hydrogen-bond acceptors (Lipinski definition) is 6. The number of H-pyrrole nitrogens is 1. The SMILES string of the molecule is O=C(NCCNC(=O)c1ccc(=O)[nH]n1)c1ccc2c(c1)OCO2. The molecule has 2 heterocycles. The molecule has 2 amide bonds. The summed E-state index contributed by atoms with van der Waals surface area (Å²) < 4.78 is 10.4. The van der Waals surface area contributed by atoms with Crippen LogP contribution in [-0.2, 0) is 0 Å². The first-order valence-electron chi connectivity index (χ1n) is 7.15. The van der Waals surface area contributed by atoms with E-state index in [-0.39, 0.29) is 37.0 Å². The van der Waals surface area contributed by atoms with E-state index in [9.17, 15) is 14.4 Å². The maximum atomic E-state index is 12.0. The van der Waals surface area contributed by atoms with Crippen LogP contribution >= 0.6 is 0 Å². The molecular weight excluding hydrogens is 316 g/mol. The van der Waals surface area contributed by atoms with Crippen molar-refractivity contribution in [3.63, 3.8) is 0 Å². The molecule has 24 heavy (non-hydrogen) atoms. The number of ether oxygens (including phenoxy) is 2. The molecule has 1 aromatic heterocycles. The van der Waals surface area contributed by atoms with E-state index in [2.05, 4.69) is 20.8 Å².